The van der Waals surface area contributed by atoms with Crippen LogP contribution in [0, 0.1) is 13.8 Å². The van der Waals surface area contributed by atoms with Crippen LogP contribution < -0.4 is 10.5 Å². The number of aromatic nitrogens is 1. The monoisotopic (exact) mass is 284 g/mol. The minimum atomic E-state index is 0.308. The van der Waals surface area contributed by atoms with Crippen molar-refractivity contribution < 1.29 is 13.7 Å². The van der Waals surface area contributed by atoms with Crippen molar-refractivity contribution in [3.63, 3.8) is 0 Å². The van der Waals surface area contributed by atoms with Crippen LogP contribution in [0.4, 0.5) is 5.82 Å². The van der Waals surface area contributed by atoms with Crippen LogP contribution in [0.5, 0.6) is 5.75 Å². The first-order chi connectivity index (χ1) is 10.1. The van der Waals surface area contributed by atoms with Crippen LogP contribution in [0.15, 0.2) is 39.3 Å². The maximum Gasteiger partial charge on any atom is 0.212 e. The van der Waals surface area contributed by atoms with Crippen molar-refractivity contribution >= 4 is 5.82 Å². The van der Waals surface area contributed by atoms with Crippen LogP contribution in [0.1, 0.15) is 11.3 Å². The van der Waals surface area contributed by atoms with Gasteiger partial charge in [-0.3, -0.25) is 0 Å². The van der Waals surface area contributed by atoms with E-state index in [1.807, 2.05) is 44.2 Å². The molecule has 0 bridgehead atoms. The van der Waals surface area contributed by atoms with Gasteiger partial charge in [-0.15, -0.1) is 0 Å². The minimum Gasteiger partial charge on any atom is -0.496 e. The third-order valence-corrected chi connectivity index (χ3v) is 3.31. The molecule has 2 heterocycles. The van der Waals surface area contributed by atoms with Crippen LogP contribution in [-0.4, -0.2) is 12.3 Å². The first kappa shape index (κ1) is 13.3. The number of hydrogen-bond donors (Lipinski definition) is 1. The zero-order valence-electron chi connectivity index (χ0n) is 12.1. The van der Waals surface area contributed by atoms with Crippen molar-refractivity contribution in [3.8, 4) is 28.4 Å². The Labute approximate surface area is 122 Å². The van der Waals surface area contributed by atoms with Crippen molar-refractivity contribution in [2.75, 3.05) is 12.8 Å². The first-order valence-electron chi connectivity index (χ1n) is 6.57. The third-order valence-electron chi connectivity index (χ3n) is 3.31. The third kappa shape index (κ3) is 2.27. The van der Waals surface area contributed by atoms with Gasteiger partial charge >= 0.3 is 0 Å². The zero-order valence-corrected chi connectivity index (χ0v) is 12.1. The predicted molar refractivity (Wildman–Crippen MR) is 80.1 cm³/mol. The summed E-state index contributed by atoms with van der Waals surface area (Å²) in [6.45, 7) is 3.87. The van der Waals surface area contributed by atoms with Gasteiger partial charge in [-0.1, -0.05) is 16.8 Å². The number of furan rings is 1. The highest BCUT2D eigenvalue weighted by Crippen LogP contribution is 2.41. The molecule has 5 heteroatoms. The Morgan fingerprint density at radius 3 is 2.62 bits per heavy atom. The quantitative estimate of drug-likeness (QED) is 0.791. The molecule has 108 valence electrons. The molecule has 0 fully saturated rings. The van der Waals surface area contributed by atoms with E-state index < -0.39 is 0 Å². The number of nitrogens with two attached hydrogens (primary N) is 1. The van der Waals surface area contributed by atoms with Crippen molar-refractivity contribution in [3.05, 3.63) is 41.7 Å². The highest BCUT2D eigenvalue weighted by molar-refractivity contribution is 5.88. The maximum absolute atomic E-state index is 5.99. The molecule has 0 aliphatic heterocycles. The molecule has 0 saturated heterocycles. The fraction of sp³-hybridized carbons (Fsp3) is 0.188. The van der Waals surface area contributed by atoms with E-state index in [9.17, 15) is 0 Å². The minimum absolute atomic E-state index is 0.308. The van der Waals surface area contributed by atoms with Crippen molar-refractivity contribution in [1.29, 1.82) is 0 Å². The summed E-state index contributed by atoms with van der Waals surface area (Å²) in [6.07, 6.45) is 0. The number of aryl methyl sites for hydroxylation is 2. The van der Waals surface area contributed by atoms with E-state index in [4.69, 9.17) is 19.4 Å². The van der Waals surface area contributed by atoms with Gasteiger partial charge in [0.15, 0.2) is 11.6 Å². The van der Waals surface area contributed by atoms with Gasteiger partial charge in [0.1, 0.15) is 11.5 Å². The Morgan fingerprint density at radius 1 is 1.14 bits per heavy atom. The smallest absolute Gasteiger partial charge is 0.212 e. The van der Waals surface area contributed by atoms with Crippen LogP contribution in [0.3, 0.4) is 0 Å². The van der Waals surface area contributed by atoms with Crippen LogP contribution in [0.2, 0.25) is 0 Å². The molecule has 21 heavy (non-hydrogen) atoms. The Morgan fingerprint density at radius 2 is 1.95 bits per heavy atom. The number of anilines is 1. The summed E-state index contributed by atoms with van der Waals surface area (Å²) in [6, 6.07) is 9.56. The molecule has 3 rings (SSSR count). The topological polar surface area (TPSA) is 74.4 Å². The number of hydrogen-bond acceptors (Lipinski definition) is 5. The van der Waals surface area contributed by atoms with E-state index >= 15 is 0 Å². The number of rotatable bonds is 3. The predicted octanol–water partition coefficient (Wildman–Crippen LogP) is 3.81. The fourth-order valence-electron chi connectivity index (χ4n) is 2.30. The summed E-state index contributed by atoms with van der Waals surface area (Å²) < 4.78 is 16.4. The largest absolute Gasteiger partial charge is 0.496 e. The molecule has 0 spiro atoms. The normalized spacial score (nSPS) is 10.8. The Bertz CT molecular complexity index is 787. The molecule has 0 atom stereocenters. The summed E-state index contributed by atoms with van der Waals surface area (Å²) in [5.41, 5.74) is 8.60. The van der Waals surface area contributed by atoms with Crippen molar-refractivity contribution in [2.45, 2.75) is 13.8 Å². The maximum atomic E-state index is 5.99. The molecule has 2 N–H and O–H groups in total. The van der Waals surface area contributed by atoms with E-state index in [-0.39, 0.29) is 0 Å². The van der Waals surface area contributed by atoms with Crippen LogP contribution in [-0.2, 0) is 0 Å². The molecule has 2 aromatic heterocycles. The molecule has 1 aromatic carbocycles. The molecule has 0 unspecified atom stereocenters. The molecule has 0 aliphatic rings. The summed E-state index contributed by atoms with van der Waals surface area (Å²) in [5.74, 6) is 2.91. The fourth-order valence-corrected chi connectivity index (χ4v) is 2.30. The van der Waals surface area contributed by atoms with Crippen LogP contribution in [0.25, 0.3) is 22.6 Å². The lowest BCUT2D eigenvalue weighted by molar-refractivity contribution is 0.414. The van der Waals surface area contributed by atoms with Gasteiger partial charge in [0, 0.05) is 5.56 Å². The molecule has 0 saturated carbocycles. The number of nitrogen functional groups attached to an aromatic ring is 1. The van der Waals surface area contributed by atoms with E-state index in [0.717, 1.165) is 16.9 Å². The van der Waals surface area contributed by atoms with Gasteiger partial charge < -0.3 is 19.4 Å². The van der Waals surface area contributed by atoms with Gasteiger partial charge in [0.05, 0.1) is 12.7 Å². The number of ether oxygens (including phenoxy) is 1. The molecule has 0 amide bonds. The average molecular weight is 284 g/mol. The lowest BCUT2D eigenvalue weighted by atomic mass is 10.0. The average Bonchev–Trinajstić information content (AvgIpc) is 3.04. The summed E-state index contributed by atoms with van der Waals surface area (Å²) in [7, 11) is 1.62. The van der Waals surface area contributed by atoms with Gasteiger partial charge in [-0.25, -0.2) is 0 Å². The highest BCUT2D eigenvalue weighted by Gasteiger charge is 2.22. The molecule has 5 nitrogen and oxygen atoms in total. The number of benzene rings is 1. The summed E-state index contributed by atoms with van der Waals surface area (Å²) in [5, 5.41) is 3.87. The van der Waals surface area contributed by atoms with Gasteiger partial charge in [-0.2, -0.15) is 0 Å². The van der Waals surface area contributed by atoms with E-state index in [2.05, 4.69) is 5.16 Å². The Balaban J connectivity index is 2.24. The standard InChI is InChI=1S/C16H16N2O3/c1-9-4-6-12(19-3)11(8-9)14-15(21-18-16(14)17)13-7-5-10(2)20-13/h4-8H,1-3H3,(H2,17,18). The first-order valence-corrected chi connectivity index (χ1v) is 6.57. The summed E-state index contributed by atoms with van der Waals surface area (Å²) >= 11 is 0. The molecule has 0 radical (unpaired) electrons. The highest BCUT2D eigenvalue weighted by atomic mass is 16.5. The van der Waals surface area contributed by atoms with Gasteiger partial charge in [0.25, 0.3) is 0 Å². The number of nitrogens with zero attached hydrogens (tertiary/aromatic N) is 1. The molecule has 3 aromatic rings. The number of methoxy groups -OCH3 is 1. The SMILES string of the molecule is COc1ccc(C)cc1-c1c(N)noc1-c1ccc(C)o1. The van der Waals surface area contributed by atoms with Gasteiger partial charge in [0.2, 0.25) is 5.76 Å². The molecular weight excluding hydrogens is 268 g/mol. The Kier molecular flexibility index (Phi) is 3.17. The second kappa shape index (κ2) is 5.01. The second-order valence-electron chi connectivity index (χ2n) is 4.89. The summed E-state index contributed by atoms with van der Waals surface area (Å²) in [4.78, 5) is 0. The lowest BCUT2D eigenvalue weighted by Crippen LogP contribution is -1.93. The van der Waals surface area contributed by atoms with Crippen molar-refractivity contribution in [1.82, 2.24) is 5.16 Å². The molecular formula is C16H16N2O3. The zero-order chi connectivity index (χ0) is 15.0. The van der Waals surface area contributed by atoms with E-state index in [1.54, 1.807) is 7.11 Å². The van der Waals surface area contributed by atoms with Crippen LogP contribution >= 0.6 is 0 Å². The van der Waals surface area contributed by atoms with Crippen molar-refractivity contribution in [2.24, 2.45) is 0 Å². The van der Waals surface area contributed by atoms with Gasteiger partial charge in [-0.05, 0) is 38.1 Å². The van der Waals surface area contributed by atoms with E-state index in [1.165, 1.54) is 0 Å². The Hall–Kier alpha value is -2.69. The molecule has 0 aliphatic carbocycles. The lowest BCUT2D eigenvalue weighted by Gasteiger charge is -2.09. The second-order valence-corrected chi connectivity index (χ2v) is 4.89. The van der Waals surface area contributed by atoms with E-state index in [0.29, 0.717) is 28.7 Å².